The number of pyridine rings is 2. The topological polar surface area (TPSA) is 122 Å². The molecule has 6 rings (SSSR count). The van der Waals surface area contributed by atoms with E-state index in [1.165, 1.54) is 6.07 Å². The maximum Gasteiger partial charge on any atom is 0.228 e. The Kier molecular flexibility index (Phi) is 6.65. The van der Waals surface area contributed by atoms with Crippen LogP contribution in [0, 0.1) is 24.0 Å². The van der Waals surface area contributed by atoms with Gasteiger partial charge in [0.15, 0.2) is 0 Å². The van der Waals surface area contributed by atoms with Gasteiger partial charge in [0.1, 0.15) is 23.3 Å². The van der Waals surface area contributed by atoms with Crippen molar-refractivity contribution in [2.45, 2.75) is 27.2 Å². The van der Waals surface area contributed by atoms with E-state index in [1.807, 2.05) is 19.9 Å². The average molecular weight is 561 g/mol. The van der Waals surface area contributed by atoms with Crippen molar-refractivity contribution in [2.75, 3.05) is 53.7 Å². The first-order valence-corrected chi connectivity index (χ1v) is 13.4. The number of carbonyl (C=O) groups excluding carboxylic acids is 1. The number of anilines is 5. The number of nitrogens with zero attached hydrogens (tertiary/aromatic N) is 6. The van der Waals surface area contributed by atoms with Crippen molar-refractivity contribution in [1.82, 2.24) is 19.9 Å². The Bertz CT molecular complexity index is 1660. The lowest BCUT2D eigenvalue weighted by atomic mass is 9.93. The van der Waals surface area contributed by atoms with Crippen molar-refractivity contribution in [3.8, 4) is 11.1 Å². The van der Waals surface area contributed by atoms with Crippen LogP contribution in [0.25, 0.3) is 22.0 Å². The molecule has 41 heavy (non-hydrogen) atoms. The molecule has 1 amide bonds. The van der Waals surface area contributed by atoms with Gasteiger partial charge < -0.3 is 20.7 Å². The highest BCUT2D eigenvalue weighted by molar-refractivity contribution is 6.03. The van der Waals surface area contributed by atoms with Gasteiger partial charge in [-0.25, -0.2) is 28.7 Å². The first-order chi connectivity index (χ1) is 19.6. The Morgan fingerprint density at radius 2 is 1.78 bits per heavy atom. The van der Waals surface area contributed by atoms with E-state index in [4.69, 9.17) is 10.5 Å². The number of halogens is 2. The molecule has 0 bridgehead atoms. The largest absolute Gasteiger partial charge is 0.378 e. The third-order valence-corrected chi connectivity index (χ3v) is 7.46. The van der Waals surface area contributed by atoms with Crippen LogP contribution >= 0.6 is 0 Å². The summed E-state index contributed by atoms with van der Waals surface area (Å²) >= 11 is 0. The molecule has 2 aliphatic heterocycles. The lowest BCUT2D eigenvalue weighted by Gasteiger charge is -2.29. The number of amides is 1. The fourth-order valence-corrected chi connectivity index (χ4v) is 5.44. The average Bonchev–Trinajstić information content (AvgIpc) is 3.22. The summed E-state index contributed by atoms with van der Waals surface area (Å²) in [5, 5.41) is 3.52. The van der Waals surface area contributed by atoms with Crippen LogP contribution in [-0.2, 0) is 9.53 Å². The molecule has 0 unspecified atom stereocenters. The van der Waals surface area contributed by atoms with Crippen molar-refractivity contribution < 1.29 is 18.3 Å². The van der Waals surface area contributed by atoms with Gasteiger partial charge in [0.05, 0.1) is 35.5 Å². The van der Waals surface area contributed by atoms with Crippen LogP contribution in [0.5, 0.6) is 0 Å². The molecule has 0 atom stereocenters. The maximum absolute atomic E-state index is 15.5. The van der Waals surface area contributed by atoms with E-state index in [-0.39, 0.29) is 28.2 Å². The Balaban J connectivity index is 1.54. The monoisotopic (exact) mass is 560 g/mol. The summed E-state index contributed by atoms with van der Waals surface area (Å²) in [7, 11) is 0. The second-order valence-electron chi connectivity index (χ2n) is 11.2. The number of aromatic nitrogens is 4. The standard InChI is InChI=1S/C29H30F2N8O2/c1-16-26(25-20(31)8-18(30)9-22(25)37-27(16)39-15-29(2,3)11-24(39)40)36-21-10-23(38-4-6-41-7-5-38)33-14-19(21)17-12-34-28(32)35-13-17/h8-10,12-14H,4-7,11,15H2,1-3H3,(H2,32,34,35)(H,33,36,37). The van der Waals surface area contributed by atoms with Gasteiger partial charge in [-0.15, -0.1) is 0 Å². The second kappa shape index (κ2) is 10.2. The maximum atomic E-state index is 15.5. The number of nitrogen functional groups attached to an aromatic ring is 1. The number of carbonyl (C=O) groups is 1. The third kappa shape index (κ3) is 5.10. The number of fused-ring (bicyclic) bond motifs is 1. The molecule has 12 heteroatoms. The summed E-state index contributed by atoms with van der Waals surface area (Å²) < 4.78 is 35.4. The molecule has 212 valence electrons. The zero-order valence-electron chi connectivity index (χ0n) is 23.0. The van der Waals surface area contributed by atoms with E-state index < -0.39 is 11.6 Å². The predicted molar refractivity (Wildman–Crippen MR) is 153 cm³/mol. The molecule has 0 aliphatic carbocycles. The number of benzene rings is 1. The quantitative estimate of drug-likeness (QED) is 0.361. The molecule has 2 fully saturated rings. The van der Waals surface area contributed by atoms with Crippen LogP contribution in [-0.4, -0.2) is 58.7 Å². The molecule has 10 nitrogen and oxygen atoms in total. The van der Waals surface area contributed by atoms with Crippen LogP contribution in [0.3, 0.4) is 0 Å². The number of nitrogens with one attached hydrogen (secondary N) is 1. The van der Waals surface area contributed by atoms with Gasteiger partial charge in [0, 0.05) is 79.5 Å². The van der Waals surface area contributed by atoms with Gasteiger partial charge in [-0.1, -0.05) is 13.8 Å². The van der Waals surface area contributed by atoms with Gasteiger partial charge in [-0.3, -0.25) is 9.69 Å². The molecule has 1 aromatic carbocycles. The van der Waals surface area contributed by atoms with Crippen LogP contribution in [0.2, 0.25) is 0 Å². The second-order valence-corrected chi connectivity index (χ2v) is 11.2. The third-order valence-electron chi connectivity index (χ3n) is 7.46. The fourth-order valence-electron chi connectivity index (χ4n) is 5.44. The number of nitrogens with two attached hydrogens (primary N) is 1. The van der Waals surface area contributed by atoms with Crippen molar-refractivity contribution in [1.29, 1.82) is 0 Å². The zero-order valence-corrected chi connectivity index (χ0v) is 23.0. The Morgan fingerprint density at radius 3 is 2.46 bits per heavy atom. The van der Waals surface area contributed by atoms with Gasteiger partial charge in [-0.05, 0) is 12.3 Å². The molecule has 0 spiro atoms. The van der Waals surface area contributed by atoms with Crippen molar-refractivity contribution in [3.63, 3.8) is 0 Å². The molecular weight excluding hydrogens is 530 g/mol. The van der Waals surface area contributed by atoms with Crippen molar-refractivity contribution in [3.05, 3.63) is 54.0 Å². The highest BCUT2D eigenvalue weighted by atomic mass is 19.1. The van der Waals surface area contributed by atoms with E-state index in [0.717, 1.165) is 6.07 Å². The summed E-state index contributed by atoms with van der Waals surface area (Å²) in [6.45, 7) is 8.71. The van der Waals surface area contributed by atoms with Crippen molar-refractivity contribution in [2.24, 2.45) is 5.41 Å². The molecule has 3 aromatic heterocycles. The zero-order chi connectivity index (χ0) is 28.9. The normalized spacial score (nSPS) is 17.0. The number of ether oxygens (including phenoxy) is 1. The Morgan fingerprint density at radius 1 is 1.05 bits per heavy atom. The minimum atomic E-state index is -0.766. The molecular formula is C29H30F2N8O2. The van der Waals surface area contributed by atoms with E-state index in [9.17, 15) is 9.18 Å². The van der Waals surface area contributed by atoms with Gasteiger partial charge in [0.25, 0.3) is 0 Å². The highest BCUT2D eigenvalue weighted by Crippen LogP contribution is 2.42. The Hall–Kier alpha value is -4.45. The lowest BCUT2D eigenvalue weighted by molar-refractivity contribution is -0.117. The smallest absolute Gasteiger partial charge is 0.228 e. The molecule has 5 heterocycles. The summed E-state index contributed by atoms with van der Waals surface area (Å²) in [6, 6.07) is 3.88. The van der Waals surface area contributed by atoms with Crippen LogP contribution < -0.4 is 20.9 Å². The summed E-state index contributed by atoms with van der Waals surface area (Å²) in [6.07, 6.45) is 5.22. The summed E-state index contributed by atoms with van der Waals surface area (Å²) in [4.78, 5) is 34.3. The first kappa shape index (κ1) is 26.8. The Labute approximate surface area is 235 Å². The minimum absolute atomic E-state index is 0.0917. The van der Waals surface area contributed by atoms with Crippen molar-refractivity contribution >= 4 is 45.8 Å². The van der Waals surface area contributed by atoms with Crippen LogP contribution in [0.4, 0.5) is 37.7 Å². The SMILES string of the molecule is Cc1c(N2CC(C)(C)CC2=O)nc2cc(F)cc(F)c2c1Nc1cc(N2CCOCC2)ncc1-c1cnc(N)nc1. The molecule has 3 N–H and O–H groups in total. The number of morpholine rings is 1. The van der Waals surface area contributed by atoms with E-state index in [1.54, 1.807) is 30.4 Å². The first-order valence-electron chi connectivity index (χ1n) is 13.4. The molecule has 0 radical (unpaired) electrons. The van der Waals surface area contributed by atoms with E-state index in [2.05, 4.69) is 30.2 Å². The molecule has 2 saturated heterocycles. The summed E-state index contributed by atoms with van der Waals surface area (Å²) in [5.41, 5.74) is 8.36. The van der Waals surface area contributed by atoms with E-state index in [0.29, 0.717) is 79.0 Å². The highest BCUT2D eigenvalue weighted by Gasteiger charge is 2.38. The van der Waals surface area contributed by atoms with E-state index >= 15 is 4.39 Å². The van der Waals surface area contributed by atoms with Crippen LogP contribution in [0.1, 0.15) is 25.8 Å². The molecule has 0 saturated carbocycles. The fraction of sp³-hybridized carbons (Fsp3) is 0.345. The lowest BCUT2D eigenvalue weighted by Crippen LogP contribution is -2.36. The van der Waals surface area contributed by atoms with Gasteiger partial charge >= 0.3 is 0 Å². The van der Waals surface area contributed by atoms with Gasteiger partial charge in [-0.2, -0.15) is 0 Å². The van der Waals surface area contributed by atoms with Gasteiger partial charge in [0.2, 0.25) is 11.9 Å². The van der Waals surface area contributed by atoms with Crippen LogP contribution in [0.15, 0.2) is 36.8 Å². The number of hydrogen-bond donors (Lipinski definition) is 2. The number of rotatable bonds is 5. The minimum Gasteiger partial charge on any atom is -0.378 e. The molecule has 4 aromatic rings. The predicted octanol–water partition coefficient (Wildman–Crippen LogP) is 4.60. The number of hydrogen-bond acceptors (Lipinski definition) is 9. The molecule has 2 aliphatic rings. The summed E-state index contributed by atoms with van der Waals surface area (Å²) in [5.74, 6) is -0.419.